The summed E-state index contributed by atoms with van der Waals surface area (Å²) in [7, 11) is 0. The number of halogens is 1. The van der Waals surface area contributed by atoms with Gasteiger partial charge in [-0.1, -0.05) is 55.5 Å². The van der Waals surface area contributed by atoms with E-state index < -0.39 is 29.5 Å². The van der Waals surface area contributed by atoms with Crippen LogP contribution in [0.2, 0.25) is 5.02 Å². The van der Waals surface area contributed by atoms with Crippen LogP contribution in [0.1, 0.15) is 104 Å². The maximum atomic E-state index is 14.3. The number of hydrogen-bond acceptors (Lipinski definition) is 7. The van der Waals surface area contributed by atoms with Crippen molar-refractivity contribution in [2.75, 3.05) is 5.73 Å². The van der Waals surface area contributed by atoms with Gasteiger partial charge < -0.3 is 20.1 Å². The smallest absolute Gasteiger partial charge is 0.338 e. The Kier molecular flexibility index (Phi) is 12.0. The second kappa shape index (κ2) is 15.9. The largest absolute Gasteiger partial charge is 0.461 e. The molecule has 2 aromatic carbocycles. The fraction of sp³-hybridized carbons (Fsp3) is 0.444. The third kappa shape index (κ3) is 10.3. The van der Waals surface area contributed by atoms with Crippen LogP contribution >= 0.6 is 11.6 Å². The molecular formula is C36H44ClN3O5. The molecule has 1 aliphatic carbocycles. The van der Waals surface area contributed by atoms with Gasteiger partial charge in [-0.3, -0.25) is 9.78 Å². The van der Waals surface area contributed by atoms with E-state index in [4.69, 9.17) is 26.8 Å². The summed E-state index contributed by atoms with van der Waals surface area (Å²) in [6.07, 6.45) is 11.6. The van der Waals surface area contributed by atoms with Crippen molar-refractivity contribution in [1.82, 2.24) is 9.88 Å². The molecule has 240 valence electrons. The number of rotatable bonds is 9. The molecule has 0 spiro atoms. The zero-order chi connectivity index (χ0) is 32.4. The summed E-state index contributed by atoms with van der Waals surface area (Å²) in [6, 6.07) is 14.3. The predicted octanol–water partition coefficient (Wildman–Crippen LogP) is 7.57. The first-order chi connectivity index (χ1) is 21.5. The molecule has 0 bridgehead atoms. The lowest BCUT2D eigenvalue weighted by molar-refractivity contribution is -0.155. The van der Waals surface area contributed by atoms with Crippen molar-refractivity contribution in [3.63, 3.8) is 0 Å². The number of nitrogens with two attached hydrogens (primary N) is 1. The average Bonchev–Trinajstić information content (AvgIpc) is 3.12. The molecule has 9 heteroatoms. The van der Waals surface area contributed by atoms with Gasteiger partial charge in [-0.25, -0.2) is 9.59 Å². The van der Waals surface area contributed by atoms with E-state index in [0.29, 0.717) is 10.6 Å². The highest BCUT2D eigenvalue weighted by Gasteiger charge is 2.34. The summed E-state index contributed by atoms with van der Waals surface area (Å²) >= 11 is 6.15. The molecule has 0 unspecified atom stereocenters. The highest BCUT2D eigenvalue weighted by molar-refractivity contribution is 6.31. The second-order valence-corrected chi connectivity index (χ2v) is 13.1. The van der Waals surface area contributed by atoms with Gasteiger partial charge >= 0.3 is 11.9 Å². The molecule has 1 saturated carbocycles. The molecule has 2 N–H and O–H groups in total. The summed E-state index contributed by atoms with van der Waals surface area (Å²) in [5.74, 6) is -1.33. The Labute approximate surface area is 271 Å². The lowest BCUT2D eigenvalue weighted by Gasteiger charge is -2.32. The normalized spacial score (nSPS) is 15.2. The van der Waals surface area contributed by atoms with Crippen LogP contribution in [0, 0.1) is 0 Å². The topological polar surface area (TPSA) is 112 Å². The molecule has 45 heavy (non-hydrogen) atoms. The van der Waals surface area contributed by atoms with E-state index in [1.807, 2.05) is 26.8 Å². The Balaban J connectivity index is 1.69. The van der Waals surface area contributed by atoms with Crippen molar-refractivity contribution in [1.29, 1.82) is 0 Å². The van der Waals surface area contributed by atoms with E-state index in [9.17, 15) is 14.4 Å². The van der Waals surface area contributed by atoms with E-state index in [-0.39, 0.29) is 30.3 Å². The number of esters is 2. The van der Waals surface area contributed by atoms with Crippen molar-refractivity contribution in [2.45, 2.75) is 103 Å². The van der Waals surface area contributed by atoms with Crippen LogP contribution in [0.15, 0.2) is 67.0 Å². The Morgan fingerprint density at radius 1 is 0.956 bits per heavy atom. The molecule has 8 nitrogen and oxygen atoms in total. The van der Waals surface area contributed by atoms with Gasteiger partial charge in [0.25, 0.3) is 5.91 Å². The number of aromatic nitrogens is 1. The van der Waals surface area contributed by atoms with Crippen LogP contribution in [0.25, 0.3) is 0 Å². The third-order valence-corrected chi connectivity index (χ3v) is 8.07. The molecule has 1 atom stereocenters. The Morgan fingerprint density at radius 3 is 2.22 bits per heavy atom. The average molecular weight is 634 g/mol. The molecule has 0 radical (unpaired) electrons. The molecule has 3 aromatic rings. The quantitative estimate of drug-likeness (QED) is 0.191. The van der Waals surface area contributed by atoms with Gasteiger partial charge in [0.1, 0.15) is 17.7 Å². The summed E-state index contributed by atoms with van der Waals surface area (Å²) < 4.78 is 11.7. The van der Waals surface area contributed by atoms with Gasteiger partial charge in [0.15, 0.2) is 0 Å². The summed E-state index contributed by atoms with van der Waals surface area (Å²) in [4.78, 5) is 46.8. The number of carbonyl (C=O) groups excluding carboxylic acids is 3. The SMILES string of the molecule is CC(C)(C)OC(=O)c1ccc(CN(C(=O)c2ccc(Cl)cc2N)[C@H](Cc2cccnc2)C(=O)OC2CCCCCCCC2)cc1. The first kappa shape index (κ1) is 34.0. The van der Waals surface area contributed by atoms with Gasteiger partial charge in [0, 0.05) is 36.1 Å². The Morgan fingerprint density at radius 2 is 1.62 bits per heavy atom. The van der Waals surface area contributed by atoms with Crippen molar-refractivity contribution < 1.29 is 23.9 Å². The molecule has 0 saturated heterocycles. The molecular weight excluding hydrogens is 590 g/mol. The summed E-state index contributed by atoms with van der Waals surface area (Å²) in [5.41, 5.74) is 7.98. The Bertz CT molecular complexity index is 1430. The number of pyridine rings is 1. The number of amides is 1. The van der Waals surface area contributed by atoms with Gasteiger partial charge in [-0.15, -0.1) is 0 Å². The molecule has 1 fully saturated rings. The number of nitrogens with zero attached hydrogens (tertiary/aromatic N) is 2. The van der Waals surface area contributed by atoms with Crippen molar-refractivity contribution in [2.24, 2.45) is 0 Å². The summed E-state index contributed by atoms with van der Waals surface area (Å²) in [6.45, 7) is 5.50. The fourth-order valence-electron chi connectivity index (χ4n) is 5.51. The molecule has 1 amide bonds. The number of ether oxygens (including phenoxy) is 2. The highest BCUT2D eigenvalue weighted by atomic mass is 35.5. The van der Waals surface area contributed by atoms with Gasteiger partial charge in [-0.05, 0) is 94.0 Å². The van der Waals surface area contributed by atoms with E-state index in [0.717, 1.165) is 49.7 Å². The maximum absolute atomic E-state index is 14.3. The van der Waals surface area contributed by atoms with E-state index in [1.54, 1.807) is 54.9 Å². The number of hydrogen-bond donors (Lipinski definition) is 1. The van der Waals surface area contributed by atoms with Crippen LogP contribution in [-0.4, -0.2) is 45.5 Å². The van der Waals surface area contributed by atoms with Crippen LogP contribution in [0.4, 0.5) is 5.69 Å². The number of benzene rings is 2. The standard InChI is InChI=1S/C36H44ClN3O5/c1-36(2,3)45-34(42)27-16-14-25(15-17-27)24-40(33(41)30-19-18-28(37)22-31(30)38)32(21-26-11-10-20-39-23-26)35(43)44-29-12-8-6-4-5-7-9-13-29/h10-11,14-20,22-23,29,32H,4-9,12-13,21,24,38H2,1-3H3/t32-/m1/s1. The first-order valence-electron chi connectivity index (χ1n) is 15.8. The second-order valence-electron chi connectivity index (χ2n) is 12.7. The van der Waals surface area contributed by atoms with Crippen molar-refractivity contribution in [3.05, 3.63) is 94.3 Å². The number of anilines is 1. The minimum Gasteiger partial charge on any atom is -0.461 e. The van der Waals surface area contributed by atoms with Crippen LogP contribution in [-0.2, 0) is 27.2 Å². The maximum Gasteiger partial charge on any atom is 0.338 e. The fourth-order valence-corrected chi connectivity index (χ4v) is 5.69. The van der Waals surface area contributed by atoms with Crippen molar-refractivity contribution in [3.8, 4) is 0 Å². The van der Waals surface area contributed by atoms with Crippen LogP contribution < -0.4 is 5.73 Å². The van der Waals surface area contributed by atoms with E-state index >= 15 is 0 Å². The molecule has 0 aliphatic heterocycles. The minimum absolute atomic E-state index is 0.0696. The lowest BCUT2D eigenvalue weighted by atomic mass is 10.0. The zero-order valence-corrected chi connectivity index (χ0v) is 27.2. The lowest BCUT2D eigenvalue weighted by Crippen LogP contribution is -2.47. The molecule has 1 aromatic heterocycles. The van der Waals surface area contributed by atoms with Gasteiger partial charge in [-0.2, -0.15) is 0 Å². The molecule has 1 heterocycles. The van der Waals surface area contributed by atoms with E-state index in [2.05, 4.69) is 4.98 Å². The van der Waals surface area contributed by atoms with Gasteiger partial charge in [0.2, 0.25) is 0 Å². The van der Waals surface area contributed by atoms with Crippen molar-refractivity contribution >= 4 is 35.1 Å². The van der Waals surface area contributed by atoms with Crippen LogP contribution in [0.5, 0.6) is 0 Å². The highest BCUT2D eigenvalue weighted by Crippen LogP contribution is 2.26. The van der Waals surface area contributed by atoms with Crippen LogP contribution in [0.3, 0.4) is 0 Å². The predicted molar refractivity (Wildman–Crippen MR) is 176 cm³/mol. The molecule has 4 rings (SSSR count). The van der Waals surface area contributed by atoms with Gasteiger partial charge in [0.05, 0.1) is 11.1 Å². The summed E-state index contributed by atoms with van der Waals surface area (Å²) in [5, 5.41) is 0.403. The van der Waals surface area contributed by atoms with E-state index in [1.165, 1.54) is 23.8 Å². The third-order valence-electron chi connectivity index (χ3n) is 7.83. The molecule has 1 aliphatic rings. The zero-order valence-electron chi connectivity index (χ0n) is 26.5. The minimum atomic E-state index is -0.963. The number of nitrogen functional groups attached to an aromatic ring is 1. The number of carbonyl (C=O) groups is 3. The Hall–Kier alpha value is -3.91. The monoisotopic (exact) mass is 633 g/mol. The first-order valence-corrected chi connectivity index (χ1v) is 16.2.